The van der Waals surface area contributed by atoms with E-state index in [0.29, 0.717) is 12.5 Å². The van der Waals surface area contributed by atoms with Crippen LogP contribution >= 0.6 is 11.6 Å². The van der Waals surface area contributed by atoms with E-state index in [1.54, 1.807) is 6.92 Å². The van der Waals surface area contributed by atoms with Crippen molar-refractivity contribution in [3.8, 4) is 0 Å². The number of hydrazine groups is 1. The lowest BCUT2D eigenvalue weighted by molar-refractivity contribution is -0.137. The van der Waals surface area contributed by atoms with E-state index in [0.717, 1.165) is 43.9 Å². The lowest BCUT2D eigenvalue weighted by atomic mass is 10.00. The molecule has 0 fully saturated rings. The van der Waals surface area contributed by atoms with E-state index in [2.05, 4.69) is 22.8 Å². The Balaban J connectivity index is 2.93. The second-order valence-corrected chi connectivity index (χ2v) is 6.68. The van der Waals surface area contributed by atoms with Gasteiger partial charge in [0.05, 0.1) is 22.9 Å². The Morgan fingerprint density at radius 3 is 2.57 bits per heavy atom. The molecule has 1 aromatic rings. The Bertz CT molecular complexity index is 666. The molecule has 0 amide bonds. The number of aliphatic imine (C=N–C) groups is 1. The fourth-order valence-corrected chi connectivity index (χ4v) is 2.58. The monoisotopic (exact) mass is 421 g/mol. The van der Waals surface area contributed by atoms with Crippen LogP contribution in [0.15, 0.2) is 23.2 Å². The number of nitrogens with one attached hydrogen (secondary N) is 2. The molecule has 0 aliphatic carbocycles. The summed E-state index contributed by atoms with van der Waals surface area (Å²) >= 11 is 5.95. The largest absolute Gasteiger partial charge is 0.460 e. The third kappa shape index (κ3) is 7.96. The molecule has 0 heterocycles. The van der Waals surface area contributed by atoms with Gasteiger partial charge in [0, 0.05) is 6.54 Å². The van der Waals surface area contributed by atoms with Gasteiger partial charge in [0.1, 0.15) is 0 Å². The normalized spacial score (nSPS) is 13.2. The highest BCUT2D eigenvalue weighted by Crippen LogP contribution is 2.33. The number of nitrogens with zero attached hydrogens (tertiary/aromatic N) is 1. The van der Waals surface area contributed by atoms with Crippen LogP contribution in [0.4, 0.5) is 18.9 Å². The highest BCUT2D eigenvalue weighted by Gasteiger charge is 2.31. The van der Waals surface area contributed by atoms with Crippen molar-refractivity contribution in [1.82, 2.24) is 5.43 Å². The van der Waals surface area contributed by atoms with Crippen molar-refractivity contribution in [3.05, 3.63) is 28.8 Å². The molecule has 9 heteroatoms. The molecule has 1 rings (SSSR count). The molecule has 0 aliphatic heterocycles. The quantitative estimate of drug-likeness (QED) is 0.241. The number of carbonyl (C=O) groups is 1. The zero-order chi connectivity index (χ0) is 21.2. The van der Waals surface area contributed by atoms with Gasteiger partial charge in [-0.2, -0.15) is 13.2 Å². The van der Waals surface area contributed by atoms with Crippen LogP contribution in [0, 0.1) is 5.92 Å². The summed E-state index contributed by atoms with van der Waals surface area (Å²) in [5.74, 6) is -0.489. The maximum Gasteiger partial charge on any atom is 0.416 e. The Morgan fingerprint density at radius 1 is 1.29 bits per heavy atom. The minimum Gasteiger partial charge on any atom is -0.460 e. The van der Waals surface area contributed by atoms with Gasteiger partial charge in [0.2, 0.25) is 5.84 Å². The van der Waals surface area contributed by atoms with Crippen LogP contribution in [-0.2, 0) is 15.7 Å². The molecule has 0 radical (unpaired) electrons. The van der Waals surface area contributed by atoms with E-state index >= 15 is 0 Å². The molecule has 0 saturated heterocycles. The maximum atomic E-state index is 12.9. The Labute approximate surface area is 168 Å². The van der Waals surface area contributed by atoms with Crippen LogP contribution in [0.5, 0.6) is 0 Å². The third-order valence-electron chi connectivity index (χ3n) is 4.13. The number of hydrogen-bond acceptors (Lipinski definition) is 4. The van der Waals surface area contributed by atoms with Gasteiger partial charge >= 0.3 is 12.1 Å². The SMILES string of the molecule is CCCCC(CC)CN=C(NNc1cc(C(F)(F)F)ccc1Cl)C(=O)OCC. The summed E-state index contributed by atoms with van der Waals surface area (Å²) in [5.41, 5.74) is 4.20. The smallest absolute Gasteiger partial charge is 0.416 e. The molecule has 2 N–H and O–H groups in total. The summed E-state index contributed by atoms with van der Waals surface area (Å²) in [6, 6.07) is 2.87. The number of ether oxygens (including phenoxy) is 1. The molecule has 5 nitrogen and oxygen atoms in total. The average Bonchev–Trinajstić information content (AvgIpc) is 2.64. The van der Waals surface area contributed by atoms with Gasteiger partial charge in [-0.3, -0.25) is 15.8 Å². The second kappa shape index (κ2) is 11.8. The number of hydrogen-bond donors (Lipinski definition) is 2. The summed E-state index contributed by atoms with van der Waals surface area (Å²) in [7, 11) is 0. The van der Waals surface area contributed by atoms with E-state index in [1.165, 1.54) is 0 Å². The first-order valence-corrected chi connectivity index (χ1v) is 9.70. The zero-order valence-electron chi connectivity index (χ0n) is 16.3. The number of unbranched alkanes of at least 4 members (excludes halogenated alkanes) is 1. The third-order valence-corrected chi connectivity index (χ3v) is 4.46. The maximum absolute atomic E-state index is 12.9. The van der Waals surface area contributed by atoms with E-state index in [9.17, 15) is 18.0 Å². The molecule has 1 atom stereocenters. The van der Waals surface area contributed by atoms with E-state index in [4.69, 9.17) is 16.3 Å². The molecule has 1 aromatic carbocycles. The predicted molar refractivity (Wildman–Crippen MR) is 105 cm³/mol. The van der Waals surface area contributed by atoms with Gasteiger partial charge in [0.25, 0.3) is 0 Å². The van der Waals surface area contributed by atoms with Crippen molar-refractivity contribution < 1.29 is 22.7 Å². The average molecular weight is 422 g/mol. The van der Waals surface area contributed by atoms with Crippen LogP contribution < -0.4 is 10.9 Å². The Kier molecular flexibility index (Phi) is 10.1. The van der Waals surface area contributed by atoms with Gasteiger partial charge < -0.3 is 4.74 Å². The highest BCUT2D eigenvalue weighted by molar-refractivity contribution is 6.36. The number of carbonyl (C=O) groups excluding carboxylic acids is 1. The van der Waals surface area contributed by atoms with Gasteiger partial charge in [0.15, 0.2) is 0 Å². The fraction of sp³-hybridized carbons (Fsp3) is 0.579. The molecule has 1 unspecified atom stereocenters. The molecule has 0 aromatic heterocycles. The van der Waals surface area contributed by atoms with Crippen molar-refractivity contribution in [2.24, 2.45) is 10.9 Å². The summed E-state index contributed by atoms with van der Waals surface area (Å²) in [6.07, 6.45) is -0.480. The molecule has 158 valence electrons. The number of halogens is 4. The van der Waals surface area contributed by atoms with Crippen molar-refractivity contribution in [2.45, 2.75) is 52.6 Å². The summed E-state index contributed by atoms with van der Waals surface area (Å²) in [6.45, 7) is 6.37. The van der Waals surface area contributed by atoms with Gasteiger partial charge in [-0.1, -0.05) is 44.7 Å². The van der Waals surface area contributed by atoms with Crippen molar-refractivity contribution in [2.75, 3.05) is 18.6 Å². The van der Waals surface area contributed by atoms with E-state index < -0.39 is 17.7 Å². The van der Waals surface area contributed by atoms with Crippen molar-refractivity contribution in [1.29, 1.82) is 0 Å². The standard InChI is InChI=1S/C19H27ClF3N3O2/c1-4-7-8-13(5-2)12-24-17(18(27)28-6-3)26-25-16-11-14(19(21,22)23)9-10-15(16)20/h9-11,13,25H,4-8,12H2,1-3H3,(H,24,26). The summed E-state index contributed by atoms with van der Waals surface area (Å²) in [4.78, 5) is 16.4. The fourth-order valence-electron chi connectivity index (χ4n) is 2.42. The van der Waals surface area contributed by atoms with Gasteiger partial charge in [-0.15, -0.1) is 0 Å². The van der Waals surface area contributed by atoms with E-state index in [1.807, 2.05) is 6.92 Å². The highest BCUT2D eigenvalue weighted by atomic mass is 35.5. The second-order valence-electron chi connectivity index (χ2n) is 6.27. The Morgan fingerprint density at radius 2 is 2.00 bits per heavy atom. The van der Waals surface area contributed by atoms with Crippen LogP contribution in [-0.4, -0.2) is 25.0 Å². The lowest BCUT2D eigenvalue weighted by Crippen LogP contribution is -2.37. The first-order chi connectivity index (χ1) is 13.2. The molecular formula is C19H27ClF3N3O2. The molecular weight excluding hydrogens is 395 g/mol. The number of amidine groups is 1. The summed E-state index contributed by atoms with van der Waals surface area (Å²) < 4.78 is 43.6. The number of rotatable bonds is 9. The van der Waals surface area contributed by atoms with E-state index in [-0.39, 0.29) is 23.2 Å². The van der Waals surface area contributed by atoms with Crippen LogP contribution in [0.25, 0.3) is 0 Å². The number of alkyl halides is 3. The van der Waals surface area contributed by atoms with Crippen LogP contribution in [0.1, 0.15) is 52.0 Å². The molecule has 28 heavy (non-hydrogen) atoms. The number of benzene rings is 1. The first-order valence-electron chi connectivity index (χ1n) is 9.33. The first kappa shape index (κ1) is 24.1. The number of esters is 1. The van der Waals surface area contributed by atoms with Crippen molar-refractivity contribution in [3.63, 3.8) is 0 Å². The lowest BCUT2D eigenvalue weighted by Gasteiger charge is -2.16. The Hall–Kier alpha value is -1.96. The topological polar surface area (TPSA) is 62.7 Å². The summed E-state index contributed by atoms with van der Waals surface area (Å²) in [5, 5.41) is 0.0677. The van der Waals surface area contributed by atoms with Gasteiger partial charge in [-0.25, -0.2) is 4.79 Å². The molecule has 0 aliphatic rings. The molecule has 0 bridgehead atoms. The van der Waals surface area contributed by atoms with Crippen LogP contribution in [0.3, 0.4) is 0 Å². The van der Waals surface area contributed by atoms with Crippen molar-refractivity contribution >= 4 is 29.1 Å². The molecule has 0 spiro atoms. The zero-order valence-corrected chi connectivity index (χ0v) is 17.1. The minimum atomic E-state index is -4.51. The van der Waals surface area contributed by atoms with Crippen LogP contribution in [0.2, 0.25) is 5.02 Å². The predicted octanol–water partition coefficient (Wildman–Crippen LogP) is 5.45. The number of anilines is 1. The minimum absolute atomic E-state index is 0.0217. The molecule has 0 saturated carbocycles. The van der Waals surface area contributed by atoms with Gasteiger partial charge in [-0.05, 0) is 37.5 Å².